The molecule has 21 heavy (non-hydrogen) atoms. The fourth-order valence-corrected chi connectivity index (χ4v) is 3.15. The second kappa shape index (κ2) is 6.20. The van der Waals surface area contributed by atoms with Gasteiger partial charge in [0.25, 0.3) is 0 Å². The van der Waals surface area contributed by atoms with Crippen LogP contribution >= 0.6 is 11.5 Å². The summed E-state index contributed by atoms with van der Waals surface area (Å²) in [6, 6.07) is 14.1. The summed E-state index contributed by atoms with van der Waals surface area (Å²) in [5.74, 6) is 0.894. The third-order valence-corrected chi connectivity index (χ3v) is 4.25. The number of anilines is 1. The smallest absolute Gasteiger partial charge is 0.126 e. The van der Waals surface area contributed by atoms with Crippen LogP contribution in [0.25, 0.3) is 10.1 Å². The Morgan fingerprint density at radius 1 is 1.19 bits per heavy atom. The lowest BCUT2D eigenvalue weighted by atomic mass is 10.1. The summed E-state index contributed by atoms with van der Waals surface area (Å²) in [5, 5.41) is 4.48. The molecule has 1 atom stereocenters. The number of benzene rings is 1. The van der Waals surface area contributed by atoms with Crippen molar-refractivity contribution in [3.05, 3.63) is 53.9 Å². The molecule has 0 saturated heterocycles. The van der Waals surface area contributed by atoms with Crippen LogP contribution in [0.15, 0.2) is 42.5 Å². The summed E-state index contributed by atoms with van der Waals surface area (Å²) in [4.78, 5) is 4.42. The molecular weight excluding hydrogens is 280 g/mol. The first-order valence-electron chi connectivity index (χ1n) is 7.01. The van der Waals surface area contributed by atoms with E-state index in [1.807, 2.05) is 37.3 Å². The molecule has 3 N–H and O–H groups in total. The molecule has 2 aromatic heterocycles. The Kier molecular flexibility index (Phi) is 4.13. The quantitative estimate of drug-likeness (QED) is 0.756. The molecule has 108 valence electrons. The Labute approximate surface area is 128 Å². The Hall–Kier alpha value is -1.98. The summed E-state index contributed by atoms with van der Waals surface area (Å²) in [6.07, 6.45) is 0.823. The fourth-order valence-electron chi connectivity index (χ4n) is 2.31. The first-order chi connectivity index (χ1) is 10.2. The fraction of sp³-hybridized carbons (Fsp3) is 0.250. The number of pyridine rings is 1. The van der Waals surface area contributed by atoms with Gasteiger partial charge < -0.3 is 11.1 Å². The van der Waals surface area contributed by atoms with Crippen LogP contribution in [0.3, 0.4) is 0 Å². The molecule has 0 fully saturated rings. The molecule has 1 aromatic carbocycles. The molecule has 0 radical (unpaired) electrons. The maximum atomic E-state index is 6.28. The lowest BCUT2D eigenvalue weighted by Gasteiger charge is -2.11. The average molecular weight is 298 g/mol. The number of aryl methyl sites for hydroxylation is 1. The summed E-state index contributed by atoms with van der Waals surface area (Å²) in [7, 11) is 0. The van der Waals surface area contributed by atoms with Gasteiger partial charge in [0, 0.05) is 17.6 Å². The number of nitrogens with zero attached hydrogens (tertiary/aromatic N) is 2. The van der Waals surface area contributed by atoms with Gasteiger partial charge in [-0.1, -0.05) is 24.3 Å². The molecular formula is C16H18N4S. The number of aromatic nitrogens is 2. The van der Waals surface area contributed by atoms with Crippen LogP contribution in [0.5, 0.6) is 0 Å². The molecule has 3 aromatic rings. The van der Waals surface area contributed by atoms with Crippen LogP contribution in [-0.2, 0) is 0 Å². The van der Waals surface area contributed by atoms with E-state index in [4.69, 9.17) is 5.73 Å². The Balaban J connectivity index is 1.63. The number of nitrogens with two attached hydrogens (primary N) is 1. The van der Waals surface area contributed by atoms with Gasteiger partial charge in [-0.05, 0) is 43.1 Å². The predicted octanol–water partition coefficient (Wildman–Crippen LogP) is 3.50. The molecule has 3 rings (SSSR count). The van der Waals surface area contributed by atoms with E-state index in [0.29, 0.717) is 0 Å². The van der Waals surface area contributed by atoms with Crippen molar-refractivity contribution < 1.29 is 0 Å². The van der Waals surface area contributed by atoms with Crippen LogP contribution in [0.4, 0.5) is 5.82 Å². The van der Waals surface area contributed by atoms with Crippen molar-refractivity contribution >= 4 is 27.4 Å². The molecule has 0 saturated carbocycles. The number of hydrogen-bond donors (Lipinski definition) is 2. The van der Waals surface area contributed by atoms with E-state index in [-0.39, 0.29) is 6.04 Å². The molecule has 0 aliphatic heterocycles. The minimum Gasteiger partial charge on any atom is -0.370 e. The van der Waals surface area contributed by atoms with Gasteiger partial charge in [-0.2, -0.15) is 4.37 Å². The Bertz CT molecular complexity index is 738. The van der Waals surface area contributed by atoms with Crippen molar-refractivity contribution in [3.63, 3.8) is 0 Å². The lowest BCUT2D eigenvalue weighted by molar-refractivity contribution is 0.666. The van der Waals surface area contributed by atoms with Gasteiger partial charge >= 0.3 is 0 Å². The van der Waals surface area contributed by atoms with Gasteiger partial charge in [-0.3, -0.25) is 0 Å². The van der Waals surface area contributed by atoms with Gasteiger partial charge in [0.05, 0.1) is 16.4 Å². The predicted molar refractivity (Wildman–Crippen MR) is 88.6 cm³/mol. The summed E-state index contributed by atoms with van der Waals surface area (Å²) < 4.78 is 5.70. The Morgan fingerprint density at radius 3 is 2.90 bits per heavy atom. The zero-order valence-corrected chi connectivity index (χ0v) is 12.7. The van der Waals surface area contributed by atoms with Crippen molar-refractivity contribution in [2.75, 3.05) is 11.9 Å². The third-order valence-electron chi connectivity index (χ3n) is 3.41. The second-order valence-electron chi connectivity index (χ2n) is 5.05. The third kappa shape index (κ3) is 3.20. The minimum absolute atomic E-state index is 0.0570. The molecule has 5 heteroatoms. The average Bonchev–Trinajstić information content (AvgIpc) is 2.91. The van der Waals surface area contributed by atoms with Gasteiger partial charge in [0.1, 0.15) is 5.82 Å². The molecule has 0 spiro atoms. The van der Waals surface area contributed by atoms with Crippen LogP contribution in [0.2, 0.25) is 0 Å². The number of nitrogens with one attached hydrogen (secondary N) is 1. The second-order valence-corrected chi connectivity index (χ2v) is 5.86. The zero-order valence-electron chi connectivity index (χ0n) is 11.9. The number of hydrogen-bond acceptors (Lipinski definition) is 5. The lowest BCUT2D eigenvalue weighted by Crippen LogP contribution is -2.16. The molecule has 1 unspecified atom stereocenters. The number of rotatable bonds is 5. The van der Waals surface area contributed by atoms with Crippen molar-refractivity contribution in [1.29, 1.82) is 0 Å². The normalized spacial score (nSPS) is 12.5. The molecule has 0 amide bonds. The van der Waals surface area contributed by atoms with Crippen molar-refractivity contribution in [2.24, 2.45) is 5.73 Å². The standard InChI is InChI=1S/C16H18N4S/c1-11-5-4-8-15(19-11)18-10-9-13(17)16-12-6-2-3-7-14(12)21-20-16/h2-8,13H,9-10,17H2,1H3,(H,18,19). The van der Waals surface area contributed by atoms with Crippen LogP contribution < -0.4 is 11.1 Å². The maximum Gasteiger partial charge on any atom is 0.126 e. The molecule has 0 aliphatic rings. The van der Waals surface area contributed by atoms with Crippen LogP contribution in [0, 0.1) is 6.92 Å². The van der Waals surface area contributed by atoms with Crippen LogP contribution in [-0.4, -0.2) is 15.9 Å². The van der Waals surface area contributed by atoms with Gasteiger partial charge in [-0.25, -0.2) is 4.98 Å². The maximum absolute atomic E-state index is 6.28. The first kappa shape index (κ1) is 14.0. The SMILES string of the molecule is Cc1cccc(NCCC(N)c2nsc3ccccc23)n1. The molecule has 2 heterocycles. The zero-order chi connectivity index (χ0) is 14.7. The van der Waals surface area contributed by atoms with E-state index in [1.165, 1.54) is 21.6 Å². The topological polar surface area (TPSA) is 63.8 Å². The Morgan fingerprint density at radius 2 is 2.05 bits per heavy atom. The summed E-state index contributed by atoms with van der Waals surface area (Å²) in [6.45, 7) is 2.77. The van der Waals surface area contributed by atoms with E-state index >= 15 is 0 Å². The molecule has 4 nitrogen and oxygen atoms in total. The number of fused-ring (bicyclic) bond motifs is 1. The highest BCUT2D eigenvalue weighted by Gasteiger charge is 2.13. The first-order valence-corrected chi connectivity index (χ1v) is 7.79. The van der Waals surface area contributed by atoms with E-state index in [1.54, 1.807) is 0 Å². The van der Waals surface area contributed by atoms with Crippen molar-refractivity contribution in [3.8, 4) is 0 Å². The largest absolute Gasteiger partial charge is 0.370 e. The highest BCUT2D eigenvalue weighted by molar-refractivity contribution is 7.13. The van der Waals surface area contributed by atoms with Crippen molar-refractivity contribution in [2.45, 2.75) is 19.4 Å². The van der Waals surface area contributed by atoms with E-state index < -0.39 is 0 Å². The van der Waals surface area contributed by atoms with Gasteiger partial charge in [-0.15, -0.1) is 0 Å². The van der Waals surface area contributed by atoms with E-state index in [9.17, 15) is 0 Å². The van der Waals surface area contributed by atoms with E-state index in [0.717, 1.165) is 30.2 Å². The van der Waals surface area contributed by atoms with Gasteiger partial charge in [0.2, 0.25) is 0 Å². The molecule has 0 bridgehead atoms. The highest BCUT2D eigenvalue weighted by atomic mass is 32.1. The van der Waals surface area contributed by atoms with E-state index in [2.05, 4.69) is 26.8 Å². The van der Waals surface area contributed by atoms with Crippen LogP contribution in [0.1, 0.15) is 23.9 Å². The van der Waals surface area contributed by atoms with Gasteiger partial charge in [0.15, 0.2) is 0 Å². The monoisotopic (exact) mass is 298 g/mol. The molecule has 0 aliphatic carbocycles. The highest BCUT2D eigenvalue weighted by Crippen LogP contribution is 2.27. The summed E-state index contributed by atoms with van der Waals surface area (Å²) in [5.41, 5.74) is 8.29. The van der Waals surface area contributed by atoms with Crippen molar-refractivity contribution in [1.82, 2.24) is 9.36 Å². The summed E-state index contributed by atoms with van der Waals surface area (Å²) >= 11 is 1.51. The minimum atomic E-state index is -0.0570.